The van der Waals surface area contributed by atoms with Gasteiger partial charge >= 0.3 is 0 Å². The van der Waals surface area contributed by atoms with E-state index in [0.717, 1.165) is 27.7 Å². The van der Waals surface area contributed by atoms with Gasteiger partial charge in [0.05, 0.1) is 11.2 Å². The summed E-state index contributed by atoms with van der Waals surface area (Å²) in [7, 11) is 1.84. The van der Waals surface area contributed by atoms with Gasteiger partial charge in [0.25, 0.3) is 0 Å². The standard InChI is InChI=1S/C16H17ClN4/c1-10-13(16(17)21(2)20-10)9-14(18)11-5-6-15-12(8-11)4-3-7-19-15/h3-8,14H,9,18H2,1-2H3. The number of nitrogens with zero attached hydrogens (tertiary/aromatic N) is 3. The quantitative estimate of drug-likeness (QED) is 0.808. The van der Waals surface area contributed by atoms with Gasteiger partial charge in [0.15, 0.2) is 0 Å². The second-order valence-corrected chi connectivity index (χ2v) is 5.60. The molecule has 2 N–H and O–H groups in total. The van der Waals surface area contributed by atoms with Gasteiger partial charge in [-0.3, -0.25) is 9.67 Å². The average molecular weight is 301 g/mol. The highest BCUT2D eigenvalue weighted by atomic mass is 35.5. The maximum atomic E-state index is 6.35. The Kier molecular flexibility index (Phi) is 3.66. The Morgan fingerprint density at radius 3 is 2.86 bits per heavy atom. The first-order valence-electron chi connectivity index (χ1n) is 6.84. The second-order valence-electron chi connectivity index (χ2n) is 5.24. The first-order chi connectivity index (χ1) is 10.1. The summed E-state index contributed by atoms with van der Waals surface area (Å²) in [5.41, 5.74) is 10.3. The fraction of sp³-hybridized carbons (Fsp3) is 0.250. The molecule has 1 atom stereocenters. The third-order valence-electron chi connectivity index (χ3n) is 3.75. The number of hydrogen-bond acceptors (Lipinski definition) is 3. The smallest absolute Gasteiger partial charge is 0.130 e. The van der Waals surface area contributed by atoms with E-state index in [0.29, 0.717) is 11.6 Å². The van der Waals surface area contributed by atoms with Gasteiger partial charge in [-0.1, -0.05) is 23.7 Å². The number of hydrogen-bond donors (Lipinski definition) is 1. The monoisotopic (exact) mass is 300 g/mol. The molecule has 0 aliphatic heterocycles. The first kappa shape index (κ1) is 14.0. The van der Waals surface area contributed by atoms with Crippen LogP contribution in [0.4, 0.5) is 0 Å². The van der Waals surface area contributed by atoms with Gasteiger partial charge in [0, 0.05) is 30.2 Å². The Balaban J connectivity index is 1.91. The summed E-state index contributed by atoms with van der Waals surface area (Å²) in [6.45, 7) is 1.96. The van der Waals surface area contributed by atoms with Crippen molar-refractivity contribution in [2.75, 3.05) is 0 Å². The number of aryl methyl sites for hydroxylation is 2. The molecule has 3 aromatic rings. The molecule has 0 fully saturated rings. The third-order valence-corrected chi connectivity index (χ3v) is 4.22. The summed E-state index contributed by atoms with van der Waals surface area (Å²) in [6, 6.07) is 9.98. The summed E-state index contributed by atoms with van der Waals surface area (Å²) in [5.74, 6) is 0. The van der Waals surface area contributed by atoms with Crippen LogP contribution in [0.2, 0.25) is 5.15 Å². The Morgan fingerprint density at radius 1 is 1.33 bits per heavy atom. The largest absolute Gasteiger partial charge is 0.324 e. The van der Waals surface area contributed by atoms with E-state index in [4.69, 9.17) is 17.3 Å². The van der Waals surface area contributed by atoms with Crippen molar-refractivity contribution in [2.45, 2.75) is 19.4 Å². The van der Waals surface area contributed by atoms with E-state index in [9.17, 15) is 0 Å². The molecule has 2 aromatic heterocycles. The lowest BCUT2D eigenvalue weighted by Gasteiger charge is -2.13. The molecular weight excluding hydrogens is 284 g/mol. The summed E-state index contributed by atoms with van der Waals surface area (Å²) in [4.78, 5) is 4.32. The highest BCUT2D eigenvalue weighted by molar-refractivity contribution is 6.30. The van der Waals surface area contributed by atoms with Crippen LogP contribution in [0.1, 0.15) is 22.9 Å². The van der Waals surface area contributed by atoms with Crippen molar-refractivity contribution in [3.63, 3.8) is 0 Å². The van der Waals surface area contributed by atoms with E-state index >= 15 is 0 Å². The molecule has 5 heteroatoms. The Labute approximate surface area is 128 Å². The van der Waals surface area contributed by atoms with E-state index in [1.807, 2.05) is 38.2 Å². The molecular formula is C16H17ClN4. The van der Waals surface area contributed by atoms with Gasteiger partial charge in [-0.2, -0.15) is 5.10 Å². The Morgan fingerprint density at radius 2 is 2.14 bits per heavy atom. The molecule has 0 aliphatic carbocycles. The van der Waals surface area contributed by atoms with Crippen molar-refractivity contribution >= 4 is 22.5 Å². The topological polar surface area (TPSA) is 56.7 Å². The molecule has 1 aromatic carbocycles. The maximum absolute atomic E-state index is 6.35. The summed E-state index contributed by atoms with van der Waals surface area (Å²) >= 11 is 6.28. The van der Waals surface area contributed by atoms with Crippen molar-refractivity contribution in [3.05, 3.63) is 58.5 Å². The molecule has 0 saturated carbocycles. The SMILES string of the molecule is Cc1nn(C)c(Cl)c1CC(N)c1ccc2ncccc2c1. The summed E-state index contributed by atoms with van der Waals surface area (Å²) < 4.78 is 1.68. The number of pyridine rings is 1. The summed E-state index contributed by atoms with van der Waals surface area (Å²) in [6.07, 6.45) is 2.46. The van der Waals surface area contributed by atoms with E-state index < -0.39 is 0 Å². The lowest BCUT2D eigenvalue weighted by Crippen LogP contribution is -2.14. The van der Waals surface area contributed by atoms with Crippen LogP contribution in [0.5, 0.6) is 0 Å². The van der Waals surface area contributed by atoms with Crippen molar-refractivity contribution < 1.29 is 0 Å². The van der Waals surface area contributed by atoms with Crippen LogP contribution in [0.15, 0.2) is 36.5 Å². The highest BCUT2D eigenvalue weighted by Gasteiger charge is 2.16. The van der Waals surface area contributed by atoms with Gasteiger partial charge in [-0.25, -0.2) is 0 Å². The number of halogens is 1. The zero-order valence-corrected chi connectivity index (χ0v) is 12.8. The van der Waals surface area contributed by atoms with E-state index in [2.05, 4.69) is 16.1 Å². The highest BCUT2D eigenvalue weighted by Crippen LogP contribution is 2.26. The normalized spacial score (nSPS) is 12.8. The molecule has 1 unspecified atom stereocenters. The molecule has 108 valence electrons. The van der Waals surface area contributed by atoms with Crippen LogP contribution < -0.4 is 5.73 Å². The number of benzene rings is 1. The molecule has 21 heavy (non-hydrogen) atoms. The number of aromatic nitrogens is 3. The van der Waals surface area contributed by atoms with Gasteiger partial charge in [0.1, 0.15) is 5.15 Å². The van der Waals surface area contributed by atoms with Crippen LogP contribution in [0.3, 0.4) is 0 Å². The van der Waals surface area contributed by atoms with E-state index in [-0.39, 0.29) is 6.04 Å². The predicted molar refractivity (Wildman–Crippen MR) is 85.3 cm³/mol. The van der Waals surface area contributed by atoms with E-state index in [1.165, 1.54) is 0 Å². The minimum atomic E-state index is -0.116. The lowest BCUT2D eigenvalue weighted by molar-refractivity contribution is 0.719. The van der Waals surface area contributed by atoms with E-state index in [1.54, 1.807) is 10.9 Å². The van der Waals surface area contributed by atoms with Crippen molar-refractivity contribution in [1.29, 1.82) is 0 Å². The Hall–Kier alpha value is -1.91. The fourth-order valence-electron chi connectivity index (χ4n) is 2.57. The van der Waals surface area contributed by atoms with Crippen molar-refractivity contribution in [3.8, 4) is 0 Å². The van der Waals surface area contributed by atoms with Crippen LogP contribution in [0, 0.1) is 6.92 Å². The van der Waals surface area contributed by atoms with Crippen LogP contribution in [-0.2, 0) is 13.5 Å². The second kappa shape index (κ2) is 5.47. The molecule has 3 rings (SSSR count). The molecule has 0 saturated heterocycles. The minimum absolute atomic E-state index is 0.116. The predicted octanol–water partition coefficient (Wildman–Crippen LogP) is 3.17. The molecule has 0 radical (unpaired) electrons. The van der Waals surface area contributed by atoms with Crippen molar-refractivity contribution in [2.24, 2.45) is 12.8 Å². The molecule has 2 heterocycles. The van der Waals surface area contributed by atoms with Crippen molar-refractivity contribution in [1.82, 2.24) is 14.8 Å². The molecule has 0 aliphatic rings. The minimum Gasteiger partial charge on any atom is -0.324 e. The fourth-order valence-corrected chi connectivity index (χ4v) is 2.82. The number of nitrogens with two attached hydrogens (primary N) is 1. The van der Waals surface area contributed by atoms with Gasteiger partial charge in [0.2, 0.25) is 0 Å². The van der Waals surface area contributed by atoms with Gasteiger partial charge in [-0.05, 0) is 37.1 Å². The van der Waals surface area contributed by atoms with Crippen LogP contribution in [0.25, 0.3) is 10.9 Å². The van der Waals surface area contributed by atoms with Gasteiger partial charge < -0.3 is 5.73 Å². The maximum Gasteiger partial charge on any atom is 0.130 e. The molecule has 0 bridgehead atoms. The Bertz CT molecular complexity index is 794. The van der Waals surface area contributed by atoms with Gasteiger partial charge in [-0.15, -0.1) is 0 Å². The van der Waals surface area contributed by atoms with Crippen LogP contribution in [-0.4, -0.2) is 14.8 Å². The molecule has 0 amide bonds. The third kappa shape index (κ3) is 2.64. The molecule has 4 nitrogen and oxygen atoms in total. The zero-order chi connectivity index (χ0) is 15.0. The first-order valence-corrected chi connectivity index (χ1v) is 7.22. The lowest BCUT2D eigenvalue weighted by atomic mass is 9.99. The zero-order valence-electron chi connectivity index (χ0n) is 12.0. The number of fused-ring (bicyclic) bond motifs is 1. The molecule has 0 spiro atoms. The summed E-state index contributed by atoms with van der Waals surface area (Å²) in [5, 5.41) is 6.08. The average Bonchev–Trinajstić information content (AvgIpc) is 2.73. The van der Waals surface area contributed by atoms with Crippen LogP contribution >= 0.6 is 11.6 Å². The number of rotatable bonds is 3.